The zero-order valence-electron chi connectivity index (χ0n) is 9.17. The Hall–Kier alpha value is 1.59. The van der Waals surface area contributed by atoms with Crippen molar-refractivity contribution in [3.05, 3.63) is 0 Å². The van der Waals surface area contributed by atoms with Gasteiger partial charge in [0.15, 0.2) is 0 Å². The van der Waals surface area contributed by atoms with Crippen LogP contribution in [0, 0.1) is 0 Å². The highest BCUT2D eigenvalue weighted by molar-refractivity contribution is 9.09. The van der Waals surface area contributed by atoms with E-state index >= 15 is 0 Å². The lowest BCUT2D eigenvalue weighted by atomic mass is 10.5. The Kier molecular flexibility index (Phi) is 12.8. The molecular formula is C9H18Br3O3P. The van der Waals surface area contributed by atoms with Crippen LogP contribution in [0.15, 0.2) is 0 Å². The fourth-order valence-electron chi connectivity index (χ4n) is 0.936. The van der Waals surface area contributed by atoms with Gasteiger partial charge in [-0.2, -0.15) is 0 Å². The molecule has 0 radical (unpaired) electrons. The molecule has 0 bridgehead atoms. The van der Waals surface area contributed by atoms with E-state index in [0.29, 0.717) is 19.4 Å². The minimum atomic E-state index is -2.87. The summed E-state index contributed by atoms with van der Waals surface area (Å²) < 4.78 is 23.0. The Morgan fingerprint density at radius 3 is 1.62 bits per heavy atom. The molecule has 0 N–H and O–H groups in total. The monoisotopic (exact) mass is 442 g/mol. The fourth-order valence-corrected chi connectivity index (χ4v) is 3.80. The maximum Gasteiger partial charge on any atom is 0.330 e. The second-order valence-corrected chi connectivity index (χ2v) is 7.69. The zero-order valence-corrected chi connectivity index (χ0v) is 14.8. The van der Waals surface area contributed by atoms with Crippen molar-refractivity contribution in [2.75, 3.05) is 35.4 Å². The van der Waals surface area contributed by atoms with Gasteiger partial charge < -0.3 is 9.05 Å². The van der Waals surface area contributed by atoms with Gasteiger partial charge >= 0.3 is 7.60 Å². The Balaban J connectivity index is 3.97. The van der Waals surface area contributed by atoms with E-state index in [9.17, 15) is 4.57 Å². The van der Waals surface area contributed by atoms with E-state index in [4.69, 9.17) is 9.05 Å². The van der Waals surface area contributed by atoms with Crippen LogP contribution >= 0.6 is 55.4 Å². The van der Waals surface area contributed by atoms with Gasteiger partial charge in [-0.3, -0.25) is 4.57 Å². The summed E-state index contributed by atoms with van der Waals surface area (Å²) >= 11 is 9.94. The summed E-state index contributed by atoms with van der Waals surface area (Å²) in [6.45, 7) is 0.970. The first-order valence-corrected chi connectivity index (χ1v) is 10.3. The summed E-state index contributed by atoms with van der Waals surface area (Å²) in [5.74, 6) is 0. The van der Waals surface area contributed by atoms with Gasteiger partial charge in [-0.1, -0.05) is 47.8 Å². The molecule has 0 atom stereocenters. The summed E-state index contributed by atoms with van der Waals surface area (Å²) in [4.78, 5) is 0. The third-order valence-corrected chi connectivity index (χ3v) is 5.40. The molecule has 0 aromatic heterocycles. The fraction of sp³-hybridized carbons (Fsp3) is 1.00. The van der Waals surface area contributed by atoms with Crippen molar-refractivity contribution in [1.29, 1.82) is 0 Å². The highest BCUT2D eigenvalue weighted by Crippen LogP contribution is 2.49. The van der Waals surface area contributed by atoms with Crippen molar-refractivity contribution in [3.63, 3.8) is 0 Å². The average molecular weight is 445 g/mol. The third kappa shape index (κ3) is 9.60. The van der Waals surface area contributed by atoms with Crippen molar-refractivity contribution >= 4 is 55.4 Å². The second-order valence-electron chi connectivity index (χ2n) is 3.13. The Bertz CT molecular complexity index is 190. The van der Waals surface area contributed by atoms with E-state index < -0.39 is 7.60 Å². The van der Waals surface area contributed by atoms with Gasteiger partial charge in [0.25, 0.3) is 0 Å². The predicted octanol–water partition coefficient (Wildman–Crippen LogP) is 4.57. The molecule has 0 amide bonds. The van der Waals surface area contributed by atoms with Crippen LogP contribution in [0.3, 0.4) is 0 Å². The Morgan fingerprint density at radius 2 is 1.25 bits per heavy atom. The van der Waals surface area contributed by atoms with Crippen molar-refractivity contribution in [2.45, 2.75) is 19.3 Å². The molecule has 0 fully saturated rings. The maximum atomic E-state index is 12.2. The molecule has 0 aliphatic heterocycles. The van der Waals surface area contributed by atoms with Gasteiger partial charge in [-0.15, -0.1) is 0 Å². The quantitative estimate of drug-likeness (QED) is 0.266. The van der Waals surface area contributed by atoms with Crippen LogP contribution < -0.4 is 0 Å². The van der Waals surface area contributed by atoms with E-state index in [1.54, 1.807) is 0 Å². The average Bonchev–Trinajstić information content (AvgIpc) is 2.27. The molecular weight excluding hydrogens is 427 g/mol. The molecule has 0 aromatic carbocycles. The molecule has 0 aromatic rings. The van der Waals surface area contributed by atoms with Crippen molar-refractivity contribution < 1.29 is 13.6 Å². The largest absolute Gasteiger partial charge is 0.330 e. The lowest BCUT2D eigenvalue weighted by Gasteiger charge is -2.17. The summed E-state index contributed by atoms with van der Waals surface area (Å²) in [6, 6.07) is 0. The van der Waals surface area contributed by atoms with Crippen molar-refractivity contribution in [1.82, 2.24) is 0 Å². The summed E-state index contributed by atoms with van der Waals surface area (Å²) in [5.41, 5.74) is 0. The number of hydrogen-bond donors (Lipinski definition) is 0. The second kappa shape index (κ2) is 11.7. The zero-order chi connectivity index (χ0) is 12.3. The van der Waals surface area contributed by atoms with Crippen LogP contribution in [-0.4, -0.2) is 35.4 Å². The highest BCUT2D eigenvalue weighted by atomic mass is 79.9. The van der Waals surface area contributed by atoms with Crippen LogP contribution in [0.1, 0.15) is 19.3 Å². The molecule has 0 spiro atoms. The van der Waals surface area contributed by atoms with E-state index in [2.05, 4.69) is 47.8 Å². The van der Waals surface area contributed by atoms with Gasteiger partial charge in [-0.05, 0) is 19.3 Å². The molecule has 98 valence electrons. The molecule has 0 unspecified atom stereocenters. The van der Waals surface area contributed by atoms with Crippen LogP contribution in [0.25, 0.3) is 0 Å². The predicted molar refractivity (Wildman–Crippen MR) is 79.6 cm³/mol. The standard InChI is InChI=1S/C9H18Br3O3P/c10-4-1-7-14-16(13,9-3-6-12)15-8-2-5-11/h1-9H2. The maximum absolute atomic E-state index is 12.2. The molecule has 0 saturated carbocycles. The minimum Gasteiger partial charge on any atom is -0.309 e. The first-order chi connectivity index (χ1) is 7.68. The van der Waals surface area contributed by atoms with Gasteiger partial charge in [0.1, 0.15) is 0 Å². The Labute approximate surface area is 123 Å². The van der Waals surface area contributed by atoms with Crippen LogP contribution in [0.4, 0.5) is 0 Å². The molecule has 0 aliphatic carbocycles. The van der Waals surface area contributed by atoms with Gasteiger partial charge in [-0.25, -0.2) is 0 Å². The van der Waals surface area contributed by atoms with E-state index in [1.807, 2.05) is 0 Å². The summed E-state index contributed by atoms with van der Waals surface area (Å²) in [7, 11) is -2.87. The Morgan fingerprint density at radius 1 is 0.812 bits per heavy atom. The van der Waals surface area contributed by atoms with E-state index in [-0.39, 0.29) is 0 Å². The third-order valence-electron chi connectivity index (χ3n) is 1.70. The molecule has 0 heterocycles. The van der Waals surface area contributed by atoms with Gasteiger partial charge in [0.05, 0.1) is 19.4 Å². The van der Waals surface area contributed by atoms with E-state index in [1.165, 1.54) is 0 Å². The van der Waals surface area contributed by atoms with Crippen LogP contribution in [0.5, 0.6) is 0 Å². The van der Waals surface area contributed by atoms with Gasteiger partial charge in [0, 0.05) is 16.0 Å². The number of alkyl halides is 3. The minimum absolute atomic E-state index is 0.485. The topological polar surface area (TPSA) is 35.5 Å². The summed E-state index contributed by atoms with van der Waals surface area (Å²) in [6.07, 6.45) is 2.99. The highest BCUT2D eigenvalue weighted by Gasteiger charge is 2.23. The SMILES string of the molecule is O=P(CCCBr)(OCCCBr)OCCCBr. The lowest BCUT2D eigenvalue weighted by Crippen LogP contribution is -2.04. The molecule has 0 saturated heterocycles. The van der Waals surface area contributed by atoms with Crippen molar-refractivity contribution in [3.8, 4) is 0 Å². The first-order valence-electron chi connectivity index (χ1n) is 5.24. The molecule has 16 heavy (non-hydrogen) atoms. The number of halogens is 3. The molecule has 0 rings (SSSR count). The van der Waals surface area contributed by atoms with Gasteiger partial charge in [0.2, 0.25) is 0 Å². The van der Waals surface area contributed by atoms with Crippen LogP contribution in [-0.2, 0) is 13.6 Å². The normalized spacial score (nSPS) is 11.9. The first kappa shape index (κ1) is 17.6. The number of hydrogen-bond acceptors (Lipinski definition) is 3. The smallest absolute Gasteiger partial charge is 0.309 e. The van der Waals surface area contributed by atoms with Crippen LogP contribution in [0.2, 0.25) is 0 Å². The van der Waals surface area contributed by atoms with E-state index in [0.717, 1.165) is 35.3 Å². The molecule has 0 aliphatic rings. The molecule has 3 nitrogen and oxygen atoms in total. The lowest BCUT2D eigenvalue weighted by molar-refractivity contribution is 0.205. The summed E-state index contributed by atoms with van der Waals surface area (Å²) in [5, 5.41) is 2.53. The number of rotatable bonds is 11. The van der Waals surface area contributed by atoms with Crippen molar-refractivity contribution in [2.24, 2.45) is 0 Å². The molecule has 7 heteroatoms.